The summed E-state index contributed by atoms with van der Waals surface area (Å²) in [5.41, 5.74) is 2.11. The zero-order valence-corrected chi connectivity index (χ0v) is 22.9. The summed E-state index contributed by atoms with van der Waals surface area (Å²) in [5, 5.41) is 49.2. The summed E-state index contributed by atoms with van der Waals surface area (Å²) in [6.07, 6.45) is 4.49. The van der Waals surface area contributed by atoms with E-state index in [9.17, 15) is 15.3 Å². The molecule has 5 heterocycles. The second-order valence-electron chi connectivity index (χ2n) is 9.84. The number of aromatic nitrogens is 8. The molecule has 3 N–H and O–H groups in total. The molecule has 15 heteroatoms. The van der Waals surface area contributed by atoms with E-state index in [2.05, 4.69) is 30.6 Å². The molecule has 0 unspecified atom stereocenters. The van der Waals surface area contributed by atoms with E-state index in [-0.39, 0.29) is 13.2 Å². The third kappa shape index (κ3) is 5.61. The first kappa shape index (κ1) is 27.8. The monoisotopic (exact) mass is 582 g/mol. The van der Waals surface area contributed by atoms with Crippen LogP contribution in [0.1, 0.15) is 12.1 Å². The Labute approximate surface area is 239 Å². The number of hydrogen-bond acceptors (Lipinski definition) is 13. The lowest BCUT2D eigenvalue weighted by Gasteiger charge is -2.45. The van der Waals surface area contributed by atoms with Crippen molar-refractivity contribution >= 4 is 11.8 Å². The highest BCUT2D eigenvalue weighted by atomic mass is 32.2. The second kappa shape index (κ2) is 12.3. The molecule has 3 aromatic heterocycles. The van der Waals surface area contributed by atoms with E-state index < -0.39 is 53.8 Å². The molecule has 41 heavy (non-hydrogen) atoms. The minimum atomic E-state index is -1.14. The summed E-state index contributed by atoms with van der Waals surface area (Å²) in [5.74, 6) is 0. The number of aliphatic hydroxyl groups excluding tert-OH is 3. The Balaban J connectivity index is 1.22. The van der Waals surface area contributed by atoms with Gasteiger partial charge in [-0.05, 0) is 0 Å². The number of thioether (sulfide) groups is 1. The predicted molar refractivity (Wildman–Crippen MR) is 145 cm³/mol. The average Bonchev–Trinajstić information content (AvgIpc) is 3.70. The highest BCUT2D eigenvalue weighted by Crippen LogP contribution is 2.41. The van der Waals surface area contributed by atoms with Crippen LogP contribution in [0.15, 0.2) is 61.4 Å². The van der Waals surface area contributed by atoms with Crippen LogP contribution in [-0.2, 0) is 14.2 Å². The summed E-state index contributed by atoms with van der Waals surface area (Å²) >= 11 is 1.32. The first-order valence-electron chi connectivity index (χ1n) is 13.1. The van der Waals surface area contributed by atoms with Gasteiger partial charge >= 0.3 is 0 Å². The minimum absolute atomic E-state index is 0.261. The Kier molecular flexibility index (Phi) is 8.34. The van der Waals surface area contributed by atoms with Crippen molar-refractivity contribution in [2.45, 2.75) is 47.2 Å². The Bertz CT molecular complexity index is 1410. The predicted octanol–water partition coefficient (Wildman–Crippen LogP) is 0.362. The molecule has 0 bridgehead atoms. The molecule has 2 saturated heterocycles. The van der Waals surface area contributed by atoms with Crippen LogP contribution in [0, 0.1) is 0 Å². The standard InChI is InChI=1S/C26H30N8O6S/c1-38-25-22(34-10-18(30-32-34)16-7-27-14-28-8-16)24(37)20(11-35)40-26(25)41-21-13-39-12-19(23(21)36)33-9-17(29-31-33)15-5-3-2-4-6-15/h2-10,14,19-26,35-37H,11-13H2,1H3/t19-,20+,21+,22-,23+,24-,25+,26-/m0/s1. The fourth-order valence-corrected chi connectivity index (χ4v) is 6.66. The maximum atomic E-state index is 11.4. The third-order valence-corrected chi connectivity index (χ3v) is 8.76. The topological polar surface area (TPSA) is 176 Å². The van der Waals surface area contributed by atoms with E-state index >= 15 is 0 Å². The molecule has 0 radical (unpaired) electrons. The van der Waals surface area contributed by atoms with E-state index in [0.29, 0.717) is 17.0 Å². The van der Waals surface area contributed by atoms with Crippen LogP contribution in [-0.4, -0.2) is 117 Å². The van der Waals surface area contributed by atoms with Gasteiger partial charge in [-0.2, -0.15) is 0 Å². The number of nitrogens with zero attached hydrogens (tertiary/aromatic N) is 8. The van der Waals surface area contributed by atoms with E-state index in [1.165, 1.54) is 29.9 Å². The van der Waals surface area contributed by atoms with Crippen LogP contribution < -0.4 is 0 Å². The van der Waals surface area contributed by atoms with E-state index in [4.69, 9.17) is 14.2 Å². The zero-order chi connectivity index (χ0) is 28.3. The van der Waals surface area contributed by atoms with Crippen molar-refractivity contribution < 1.29 is 29.5 Å². The Morgan fingerprint density at radius 3 is 2.39 bits per heavy atom. The molecule has 0 amide bonds. The molecular formula is C26H30N8O6S. The van der Waals surface area contributed by atoms with Gasteiger partial charge in [0.2, 0.25) is 0 Å². The van der Waals surface area contributed by atoms with Crippen molar-refractivity contribution in [2.75, 3.05) is 26.9 Å². The maximum Gasteiger partial charge on any atom is 0.132 e. The molecule has 2 aliphatic rings. The van der Waals surface area contributed by atoms with E-state index in [0.717, 1.165) is 5.56 Å². The zero-order valence-electron chi connectivity index (χ0n) is 22.1. The molecule has 0 saturated carbocycles. The van der Waals surface area contributed by atoms with Crippen LogP contribution in [0.5, 0.6) is 0 Å². The molecule has 2 aliphatic heterocycles. The fraction of sp³-hybridized carbons (Fsp3) is 0.462. The number of hydrogen-bond donors (Lipinski definition) is 3. The van der Waals surface area contributed by atoms with Crippen LogP contribution in [0.25, 0.3) is 22.5 Å². The van der Waals surface area contributed by atoms with Crippen molar-refractivity contribution in [2.24, 2.45) is 0 Å². The smallest absolute Gasteiger partial charge is 0.132 e. The first-order valence-corrected chi connectivity index (χ1v) is 14.0. The molecular weight excluding hydrogens is 552 g/mol. The van der Waals surface area contributed by atoms with Gasteiger partial charge in [-0.1, -0.05) is 40.8 Å². The van der Waals surface area contributed by atoms with Crippen LogP contribution in [0.2, 0.25) is 0 Å². The summed E-state index contributed by atoms with van der Waals surface area (Å²) in [7, 11) is 1.51. The lowest BCUT2D eigenvalue weighted by Crippen LogP contribution is -2.56. The largest absolute Gasteiger partial charge is 0.394 e. The van der Waals surface area contributed by atoms with Crippen molar-refractivity contribution in [3.63, 3.8) is 0 Å². The molecule has 4 aromatic rings. The Hall–Kier alpha value is -3.31. The van der Waals surface area contributed by atoms with Crippen molar-refractivity contribution in [1.82, 2.24) is 40.0 Å². The first-order chi connectivity index (χ1) is 20.1. The molecule has 216 valence electrons. The van der Waals surface area contributed by atoms with Gasteiger partial charge < -0.3 is 29.5 Å². The Morgan fingerprint density at radius 2 is 1.66 bits per heavy atom. The normalized spacial score (nSPS) is 30.3. The molecule has 1 aromatic carbocycles. The van der Waals surface area contributed by atoms with Gasteiger partial charge in [-0.25, -0.2) is 19.3 Å². The van der Waals surface area contributed by atoms with Crippen molar-refractivity contribution in [1.29, 1.82) is 0 Å². The summed E-state index contributed by atoms with van der Waals surface area (Å²) in [4.78, 5) is 8.04. The SMILES string of the molecule is CO[C@@H]1[C@@H](n2cc(-c3cncnc3)nn2)[C@@H](O)[C@@H](CO)O[C@H]1S[C@@H]1COC[C@H](n2cc(-c3ccccc3)nn2)[C@H]1O. The quantitative estimate of drug-likeness (QED) is 0.260. The van der Waals surface area contributed by atoms with Crippen LogP contribution in [0.3, 0.4) is 0 Å². The molecule has 0 spiro atoms. The van der Waals surface area contributed by atoms with Gasteiger partial charge in [-0.3, -0.25) is 0 Å². The number of ether oxygens (including phenoxy) is 3. The van der Waals surface area contributed by atoms with Crippen molar-refractivity contribution in [3.8, 4) is 22.5 Å². The highest BCUT2D eigenvalue weighted by Gasteiger charge is 2.49. The molecule has 6 rings (SSSR count). The van der Waals surface area contributed by atoms with Gasteiger partial charge in [0, 0.05) is 30.6 Å². The number of aliphatic hydroxyl groups is 3. The van der Waals surface area contributed by atoms with Gasteiger partial charge in [-0.15, -0.1) is 22.0 Å². The molecule has 14 nitrogen and oxygen atoms in total. The summed E-state index contributed by atoms with van der Waals surface area (Å²) in [6, 6.07) is 8.46. The van der Waals surface area contributed by atoms with E-state index in [1.54, 1.807) is 29.5 Å². The summed E-state index contributed by atoms with van der Waals surface area (Å²) in [6.45, 7) is 0.102. The van der Waals surface area contributed by atoms with Crippen molar-refractivity contribution in [3.05, 3.63) is 61.4 Å². The maximum absolute atomic E-state index is 11.4. The number of methoxy groups -OCH3 is 1. The van der Waals surface area contributed by atoms with Gasteiger partial charge in [0.1, 0.15) is 53.5 Å². The number of rotatable bonds is 8. The van der Waals surface area contributed by atoms with Crippen LogP contribution >= 0.6 is 11.8 Å². The lowest BCUT2D eigenvalue weighted by molar-refractivity contribution is -0.186. The number of benzene rings is 1. The Morgan fingerprint density at radius 1 is 0.951 bits per heavy atom. The van der Waals surface area contributed by atoms with Gasteiger partial charge in [0.25, 0.3) is 0 Å². The highest BCUT2D eigenvalue weighted by molar-refractivity contribution is 8.00. The van der Waals surface area contributed by atoms with Gasteiger partial charge in [0.05, 0.1) is 43.6 Å². The molecule has 0 aliphatic carbocycles. The second-order valence-corrected chi connectivity index (χ2v) is 11.2. The van der Waals surface area contributed by atoms with E-state index in [1.807, 2.05) is 30.3 Å². The average molecular weight is 583 g/mol. The lowest BCUT2D eigenvalue weighted by atomic mass is 9.97. The molecule has 8 atom stereocenters. The fourth-order valence-electron chi connectivity index (χ4n) is 5.16. The van der Waals surface area contributed by atoms with Gasteiger partial charge in [0.15, 0.2) is 0 Å². The summed E-state index contributed by atoms with van der Waals surface area (Å²) < 4.78 is 21.0. The minimum Gasteiger partial charge on any atom is -0.394 e. The van der Waals surface area contributed by atoms with Crippen LogP contribution in [0.4, 0.5) is 0 Å². The third-order valence-electron chi connectivity index (χ3n) is 7.34. The molecule has 2 fully saturated rings.